The number of hydrogen-bond acceptors (Lipinski definition) is 1. The van der Waals surface area contributed by atoms with E-state index >= 15 is 0 Å². The van der Waals surface area contributed by atoms with Crippen molar-refractivity contribution in [1.82, 2.24) is 4.23 Å². The van der Waals surface area contributed by atoms with E-state index in [9.17, 15) is 0 Å². The van der Waals surface area contributed by atoms with E-state index in [1.807, 2.05) is 0 Å². The van der Waals surface area contributed by atoms with Gasteiger partial charge in [-0.3, -0.25) is 0 Å². The standard InChI is InChI=1S/C27H34N2Si/c1-27(2,3)30(4,5)29-24-19-13-12-16-22(24)20-25(29)26(21-14-8-6-9-15-21)28-23-17-10-7-11-18-23/h6-15,17-18,20,26,28H,16,19H2,1-5H3. The van der Waals surface area contributed by atoms with Gasteiger partial charge >= 0.3 is 0 Å². The molecule has 1 heterocycles. The van der Waals surface area contributed by atoms with Gasteiger partial charge in [-0.15, -0.1) is 0 Å². The van der Waals surface area contributed by atoms with E-state index in [-0.39, 0.29) is 11.1 Å². The largest absolute Gasteiger partial charge is 0.373 e. The zero-order valence-electron chi connectivity index (χ0n) is 18.9. The Labute approximate surface area is 182 Å². The van der Waals surface area contributed by atoms with Crippen LogP contribution in [0, 0.1) is 0 Å². The van der Waals surface area contributed by atoms with Crippen molar-refractivity contribution >= 4 is 13.9 Å². The highest BCUT2D eigenvalue weighted by molar-refractivity contribution is 6.78. The van der Waals surface area contributed by atoms with Gasteiger partial charge < -0.3 is 9.55 Å². The van der Waals surface area contributed by atoms with E-state index in [1.54, 1.807) is 0 Å². The lowest BCUT2D eigenvalue weighted by Gasteiger charge is -2.42. The molecule has 0 spiro atoms. The van der Waals surface area contributed by atoms with Crippen molar-refractivity contribution in [3.05, 3.63) is 101 Å². The minimum atomic E-state index is -1.82. The van der Waals surface area contributed by atoms with E-state index in [2.05, 4.69) is 122 Å². The van der Waals surface area contributed by atoms with Crippen molar-refractivity contribution in [1.29, 1.82) is 0 Å². The number of nitrogens with zero attached hydrogens (tertiary/aromatic N) is 1. The highest BCUT2D eigenvalue weighted by Gasteiger charge is 2.41. The maximum absolute atomic E-state index is 3.87. The van der Waals surface area contributed by atoms with E-state index in [1.165, 1.54) is 22.5 Å². The third-order valence-corrected chi connectivity index (χ3v) is 12.3. The molecule has 0 bridgehead atoms. The second kappa shape index (κ2) is 7.96. The van der Waals surface area contributed by atoms with Crippen LogP contribution in [0.2, 0.25) is 18.1 Å². The fourth-order valence-electron chi connectivity index (χ4n) is 4.31. The molecule has 1 aliphatic carbocycles. The van der Waals surface area contributed by atoms with Crippen molar-refractivity contribution in [3.63, 3.8) is 0 Å². The molecule has 3 aromatic rings. The third kappa shape index (κ3) is 3.79. The topological polar surface area (TPSA) is 17.0 Å². The van der Waals surface area contributed by atoms with Crippen LogP contribution in [0.5, 0.6) is 0 Å². The van der Waals surface area contributed by atoms with Crippen molar-refractivity contribution in [2.45, 2.75) is 57.8 Å². The molecule has 2 nitrogen and oxygen atoms in total. The third-order valence-electron chi connectivity index (χ3n) is 6.94. The number of benzene rings is 2. The zero-order valence-corrected chi connectivity index (χ0v) is 19.9. The summed E-state index contributed by atoms with van der Waals surface area (Å²) in [5, 5.41) is 4.12. The number of anilines is 1. The first-order chi connectivity index (χ1) is 14.3. The number of fused-ring (bicyclic) bond motifs is 1. The summed E-state index contributed by atoms with van der Waals surface area (Å²) in [4.78, 5) is 0. The van der Waals surface area contributed by atoms with Gasteiger partial charge in [-0.2, -0.15) is 0 Å². The number of allylic oxidation sites excluding steroid dienone is 2. The first kappa shape index (κ1) is 20.7. The van der Waals surface area contributed by atoms with Crippen LogP contribution >= 0.6 is 0 Å². The molecule has 1 atom stereocenters. The Kier molecular flexibility index (Phi) is 5.50. The van der Waals surface area contributed by atoms with Crippen LogP contribution in [-0.2, 0) is 12.8 Å². The predicted octanol–water partition coefficient (Wildman–Crippen LogP) is 7.20. The average Bonchev–Trinajstić information content (AvgIpc) is 3.12. The molecular weight excluding hydrogens is 380 g/mol. The van der Waals surface area contributed by atoms with Crippen LogP contribution in [0.3, 0.4) is 0 Å². The minimum absolute atomic E-state index is 0.119. The van der Waals surface area contributed by atoms with E-state index in [4.69, 9.17) is 0 Å². The van der Waals surface area contributed by atoms with Gasteiger partial charge in [0.05, 0.1) is 6.04 Å². The first-order valence-electron chi connectivity index (χ1n) is 11.0. The number of aromatic nitrogens is 1. The normalized spacial score (nSPS) is 15.0. The molecule has 4 rings (SSSR count). The number of rotatable bonds is 5. The van der Waals surface area contributed by atoms with Gasteiger partial charge in [0.2, 0.25) is 0 Å². The van der Waals surface area contributed by atoms with Crippen molar-refractivity contribution < 1.29 is 0 Å². The second-order valence-corrected chi connectivity index (χ2v) is 15.0. The Morgan fingerprint density at radius 3 is 2.10 bits per heavy atom. The Morgan fingerprint density at radius 2 is 1.47 bits per heavy atom. The maximum Gasteiger partial charge on any atom is 0.161 e. The zero-order chi connectivity index (χ0) is 21.4. The number of para-hydroxylation sites is 1. The molecule has 1 aliphatic rings. The summed E-state index contributed by atoms with van der Waals surface area (Å²) in [6.45, 7) is 12.3. The SMILES string of the molecule is CC(C)(C)[Si](C)(C)n1c(C(Nc2ccccc2)c2ccccc2)cc2c1CC=CC2. The summed E-state index contributed by atoms with van der Waals surface area (Å²) in [5.41, 5.74) is 6.89. The lowest BCUT2D eigenvalue weighted by Crippen LogP contribution is -2.48. The molecule has 0 aliphatic heterocycles. The molecule has 2 aromatic carbocycles. The molecule has 1 unspecified atom stereocenters. The summed E-state index contributed by atoms with van der Waals surface area (Å²) >= 11 is 0. The van der Waals surface area contributed by atoms with Crippen LogP contribution in [0.25, 0.3) is 0 Å². The molecule has 1 N–H and O–H groups in total. The molecule has 0 radical (unpaired) electrons. The number of nitrogens with one attached hydrogen (secondary N) is 1. The van der Waals surface area contributed by atoms with Crippen LogP contribution in [0.1, 0.15) is 49.3 Å². The van der Waals surface area contributed by atoms with Crippen LogP contribution in [0.4, 0.5) is 5.69 Å². The van der Waals surface area contributed by atoms with Crippen LogP contribution in [0.15, 0.2) is 78.9 Å². The Hall–Kier alpha value is -2.52. The Morgan fingerprint density at radius 1 is 0.867 bits per heavy atom. The van der Waals surface area contributed by atoms with Crippen molar-refractivity contribution in [3.8, 4) is 0 Å². The van der Waals surface area contributed by atoms with Gasteiger partial charge in [0.1, 0.15) is 0 Å². The monoisotopic (exact) mass is 414 g/mol. The van der Waals surface area contributed by atoms with E-state index in [0.717, 1.165) is 18.5 Å². The molecular formula is C27H34N2Si. The Bertz CT molecular complexity index is 1020. The molecule has 0 fully saturated rings. The summed E-state index contributed by atoms with van der Waals surface area (Å²) in [5.74, 6) is 0. The second-order valence-electron chi connectivity index (χ2n) is 9.92. The molecule has 0 amide bonds. The van der Waals surface area contributed by atoms with Crippen molar-refractivity contribution in [2.24, 2.45) is 0 Å². The summed E-state index contributed by atoms with van der Waals surface area (Å²) in [6.07, 6.45) is 6.74. The van der Waals surface area contributed by atoms with E-state index < -0.39 is 8.24 Å². The van der Waals surface area contributed by atoms with Gasteiger partial charge in [0.15, 0.2) is 8.24 Å². The summed E-state index contributed by atoms with van der Waals surface area (Å²) in [6, 6.07) is 24.1. The maximum atomic E-state index is 3.87. The van der Waals surface area contributed by atoms with Crippen molar-refractivity contribution in [2.75, 3.05) is 5.32 Å². The van der Waals surface area contributed by atoms with Gasteiger partial charge in [0, 0.05) is 23.5 Å². The average molecular weight is 415 g/mol. The minimum Gasteiger partial charge on any atom is -0.373 e. The fourth-order valence-corrected chi connectivity index (χ4v) is 6.73. The number of hydrogen-bond donors (Lipinski definition) is 1. The first-order valence-corrected chi connectivity index (χ1v) is 14.0. The molecule has 3 heteroatoms. The quantitative estimate of drug-likeness (QED) is 0.345. The molecule has 1 aromatic heterocycles. The lowest BCUT2D eigenvalue weighted by molar-refractivity contribution is 0.682. The summed E-state index contributed by atoms with van der Waals surface area (Å²) in [7, 11) is -1.82. The fraction of sp³-hybridized carbons (Fsp3) is 0.333. The summed E-state index contributed by atoms with van der Waals surface area (Å²) < 4.78 is 2.78. The van der Waals surface area contributed by atoms with Crippen LogP contribution < -0.4 is 5.32 Å². The van der Waals surface area contributed by atoms with Gasteiger partial charge in [0.25, 0.3) is 0 Å². The molecule has 0 saturated heterocycles. The highest BCUT2D eigenvalue weighted by atomic mass is 28.3. The molecule has 0 saturated carbocycles. The van der Waals surface area contributed by atoms with Gasteiger partial charge in [-0.05, 0) is 40.8 Å². The molecule has 156 valence electrons. The van der Waals surface area contributed by atoms with Gasteiger partial charge in [-0.25, -0.2) is 0 Å². The molecule has 30 heavy (non-hydrogen) atoms. The predicted molar refractivity (Wildman–Crippen MR) is 132 cm³/mol. The van der Waals surface area contributed by atoms with Gasteiger partial charge in [-0.1, -0.05) is 94.5 Å². The lowest BCUT2D eigenvalue weighted by atomic mass is 10.0. The van der Waals surface area contributed by atoms with Crippen LogP contribution in [-0.4, -0.2) is 12.5 Å². The highest BCUT2D eigenvalue weighted by Crippen LogP contribution is 2.42. The Balaban J connectivity index is 1.92. The van der Waals surface area contributed by atoms with E-state index in [0.29, 0.717) is 0 Å². The smallest absolute Gasteiger partial charge is 0.161 e.